The molecule has 0 bridgehead atoms. The monoisotopic (exact) mass is 632 g/mol. The number of piperazine rings is 1. The molecule has 46 heavy (non-hydrogen) atoms. The van der Waals surface area contributed by atoms with E-state index in [0.717, 1.165) is 67.8 Å². The van der Waals surface area contributed by atoms with Crippen LogP contribution in [0.2, 0.25) is 0 Å². The normalized spacial score (nSPS) is 21.3. The molecule has 12 nitrogen and oxygen atoms in total. The molecule has 2 aromatic rings. The van der Waals surface area contributed by atoms with Crippen LogP contribution in [-0.4, -0.2) is 132 Å². The van der Waals surface area contributed by atoms with Gasteiger partial charge in [-0.2, -0.15) is 0 Å². The fraction of sp³-hybridized carbons (Fsp3) is 0.588. The molecule has 12 heteroatoms. The summed E-state index contributed by atoms with van der Waals surface area (Å²) in [4.78, 5) is 55.1. The maximum atomic E-state index is 13.9. The van der Waals surface area contributed by atoms with E-state index in [2.05, 4.69) is 27.1 Å². The summed E-state index contributed by atoms with van der Waals surface area (Å²) in [6.07, 6.45) is 4.83. The number of nitrogens with two attached hydrogens (primary N) is 1. The standard InChI is InChI=1S/C34H48N8O4/c1-24-21-25(23-36-31(24)35)22-30(32(43)40-19-17-39(18-20-40)27-8-12-38(2)13-9-27)46-34(45)41-14-10-28(11-15-41)42-16-7-26-5-3-4-6-29(26)37-33(42)44/h3-6,21,23,27-28,30H,7-20,22H2,1-2H3,(H2,35,36)(H,37,44)/t30-/m1/s1. The summed E-state index contributed by atoms with van der Waals surface area (Å²) in [7, 11) is 2.17. The van der Waals surface area contributed by atoms with E-state index in [-0.39, 0.29) is 24.4 Å². The lowest BCUT2D eigenvalue weighted by atomic mass is 10.0. The van der Waals surface area contributed by atoms with Crippen molar-refractivity contribution in [2.24, 2.45) is 0 Å². The van der Waals surface area contributed by atoms with Gasteiger partial charge in [-0.15, -0.1) is 0 Å². The number of urea groups is 1. The molecule has 4 aliphatic rings. The number of nitrogens with zero attached hydrogens (tertiary/aromatic N) is 6. The number of benzene rings is 1. The third kappa shape index (κ3) is 7.39. The van der Waals surface area contributed by atoms with Crippen LogP contribution in [0.25, 0.3) is 0 Å². The first-order chi connectivity index (χ1) is 22.2. The Bertz CT molecular complexity index is 1400. The number of nitrogens with one attached hydrogen (secondary N) is 1. The highest BCUT2D eigenvalue weighted by Gasteiger charge is 2.36. The molecule has 5 heterocycles. The molecule has 3 N–H and O–H groups in total. The number of carbonyl (C=O) groups excluding carboxylic acids is 3. The zero-order chi connectivity index (χ0) is 32.2. The van der Waals surface area contributed by atoms with Crippen LogP contribution in [0.5, 0.6) is 0 Å². The number of ether oxygens (including phenoxy) is 1. The van der Waals surface area contributed by atoms with Crippen molar-refractivity contribution in [3.8, 4) is 0 Å². The van der Waals surface area contributed by atoms with Crippen LogP contribution in [0.3, 0.4) is 0 Å². The number of carbonyl (C=O) groups is 3. The van der Waals surface area contributed by atoms with E-state index in [0.29, 0.717) is 57.4 Å². The maximum Gasteiger partial charge on any atom is 0.410 e. The molecule has 0 radical (unpaired) electrons. The number of likely N-dealkylation sites (tertiary alicyclic amines) is 2. The van der Waals surface area contributed by atoms with Gasteiger partial charge in [0.25, 0.3) is 5.91 Å². The van der Waals surface area contributed by atoms with E-state index in [9.17, 15) is 14.4 Å². The average molecular weight is 633 g/mol. The molecule has 1 atom stereocenters. The number of pyridine rings is 1. The first kappa shape index (κ1) is 32.1. The number of rotatable bonds is 6. The van der Waals surface area contributed by atoms with Crippen molar-refractivity contribution in [2.75, 3.05) is 77.0 Å². The molecular formula is C34H48N8O4. The summed E-state index contributed by atoms with van der Waals surface area (Å²) in [6, 6.07) is 10.3. The summed E-state index contributed by atoms with van der Waals surface area (Å²) in [6.45, 7) is 8.52. The quantitative estimate of drug-likeness (QED) is 0.498. The minimum atomic E-state index is -0.959. The van der Waals surface area contributed by atoms with Gasteiger partial charge in [-0.25, -0.2) is 14.6 Å². The van der Waals surface area contributed by atoms with E-state index in [1.807, 2.05) is 47.1 Å². The Balaban J connectivity index is 1.07. The SMILES string of the molecule is Cc1cc(C[C@@H](OC(=O)N2CCC(N3CCc4ccccc4NC3=O)CC2)C(=O)N2CCN(C3CCN(C)CC3)CC2)cnc1N. The van der Waals surface area contributed by atoms with Gasteiger partial charge in [-0.3, -0.25) is 9.69 Å². The van der Waals surface area contributed by atoms with E-state index in [1.165, 1.54) is 0 Å². The fourth-order valence-corrected chi connectivity index (χ4v) is 7.31. The second kappa shape index (κ2) is 14.3. The minimum Gasteiger partial charge on any atom is -0.436 e. The molecule has 3 saturated heterocycles. The van der Waals surface area contributed by atoms with Gasteiger partial charge in [0.2, 0.25) is 0 Å². The van der Waals surface area contributed by atoms with Gasteiger partial charge in [0.1, 0.15) is 5.82 Å². The zero-order valence-corrected chi connectivity index (χ0v) is 27.2. The topological polar surface area (TPSA) is 128 Å². The van der Waals surface area contributed by atoms with Crippen LogP contribution in [0.15, 0.2) is 36.5 Å². The van der Waals surface area contributed by atoms with Crippen molar-refractivity contribution < 1.29 is 19.1 Å². The van der Waals surface area contributed by atoms with Gasteiger partial charge in [0.05, 0.1) is 0 Å². The van der Waals surface area contributed by atoms with Crippen LogP contribution in [0.1, 0.15) is 42.4 Å². The van der Waals surface area contributed by atoms with Gasteiger partial charge in [0.15, 0.2) is 6.10 Å². The van der Waals surface area contributed by atoms with Gasteiger partial charge in [-0.05, 0) is 81.9 Å². The largest absolute Gasteiger partial charge is 0.436 e. The van der Waals surface area contributed by atoms with Crippen molar-refractivity contribution in [2.45, 2.75) is 63.6 Å². The molecule has 1 aromatic carbocycles. The van der Waals surface area contributed by atoms with Crippen molar-refractivity contribution in [1.82, 2.24) is 29.5 Å². The number of aromatic nitrogens is 1. The number of anilines is 2. The van der Waals surface area contributed by atoms with Crippen LogP contribution in [0.4, 0.5) is 21.1 Å². The number of hydrogen-bond acceptors (Lipinski definition) is 8. The molecule has 3 fully saturated rings. The predicted octanol–water partition coefficient (Wildman–Crippen LogP) is 2.81. The average Bonchev–Trinajstić information content (AvgIpc) is 3.24. The Morgan fingerprint density at radius 3 is 2.37 bits per heavy atom. The van der Waals surface area contributed by atoms with E-state index >= 15 is 0 Å². The number of fused-ring (bicyclic) bond motifs is 1. The van der Waals surface area contributed by atoms with E-state index < -0.39 is 12.2 Å². The highest BCUT2D eigenvalue weighted by atomic mass is 16.6. The highest BCUT2D eigenvalue weighted by Crippen LogP contribution is 2.25. The second-order valence-electron chi connectivity index (χ2n) is 13.3. The van der Waals surface area contributed by atoms with Gasteiger partial charge < -0.3 is 35.4 Å². The number of nitrogen functional groups attached to an aromatic ring is 1. The Morgan fingerprint density at radius 1 is 0.957 bits per heavy atom. The lowest BCUT2D eigenvalue weighted by molar-refractivity contribution is -0.143. The summed E-state index contributed by atoms with van der Waals surface area (Å²) in [5.41, 5.74) is 9.56. The third-order valence-electron chi connectivity index (χ3n) is 10.3. The van der Waals surface area contributed by atoms with Crippen LogP contribution < -0.4 is 11.1 Å². The lowest BCUT2D eigenvalue weighted by Gasteiger charge is -2.42. The van der Waals surface area contributed by atoms with Crippen LogP contribution in [-0.2, 0) is 22.4 Å². The molecule has 4 amide bonds. The predicted molar refractivity (Wildman–Crippen MR) is 176 cm³/mol. The summed E-state index contributed by atoms with van der Waals surface area (Å²) in [5, 5.41) is 3.05. The smallest absolute Gasteiger partial charge is 0.410 e. The van der Waals surface area contributed by atoms with Gasteiger partial charge in [-0.1, -0.05) is 24.3 Å². The number of piperidine rings is 2. The number of aryl methyl sites for hydroxylation is 1. The number of amides is 4. The molecule has 6 rings (SSSR count). The highest BCUT2D eigenvalue weighted by molar-refractivity contribution is 5.91. The molecular weight excluding hydrogens is 584 g/mol. The molecule has 4 aliphatic heterocycles. The first-order valence-corrected chi connectivity index (χ1v) is 16.8. The fourth-order valence-electron chi connectivity index (χ4n) is 7.31. The Kier molecular flexibility index (Phi) is 9.93. The van der Waals surface area contributed by atoms with Crippen molar-refractivity contribution in [1.29, 1.82) is 0 Å². The number of hydrogen-bond donors (Lipinski definition) is 2. The first-order valence-electron chi connectivity index (χ1n) is 16.8. The van der Waals surface area contributed by atoms with Crippen LogP contribution >= 0.6 is 0 Å². The molecule has 0 spiro atoms. The maximum absolute atomic E-state index is 13.9. The van der Waals surface area contributed by atoms with Gasteiger partial charge >= 0.3 is 12.1 Å². The Labute approximate surface area is 271 Å². The van der Waals surface area contributed by atoms with Crippen molar-refractivity contribution >= 4 is 29.5 Å². The molecule has 0 aliphatic carbocycles. The van der Waals surface area contributed by atoms with Gasteiger partial charge in [0, 0.05) is 76.2 Å². The molecule has 1 aromatic heterocycles. The second-order valence-corrected chi connectivity index (χ2v) is 13.3. The lowest BCUT2D eigenvalue weighted by Crippen LogP contribution is -2.56. The Hall–Kier alpha value is -3.90. The Morgan fingerprint density at radius 2 is 1.65 bits per heavy atom. The summed E-state index contributed by atoms with van der Waals surface area (Å²) < 4.78 is 6.02. The molecule has 0 saturated carbocycles. The summed E-state index contributed by atoms with van der Waals surface area (Å²) >= 11 is 0. The molecule has 0 unspecified atom stereocenters. The minimum absolute atomic E-state index is 0.0282. The van der Waals surface area contributed by atoms with Crippen molar-refractivity contribution in [3.05, 3.63) is 53.2 Å². The third-order valence-corrected chi connectivity index (χ3v) is 10.3. The van der Waals surface area contributed by atoms with E-state index in [1.54, 1.807) is 11.1 Å². The van der Waals surface area contributed by atoms with E-state index in [4.69, 9.17) is 10.5 Å². The summed E-state index contributed by atoms with van der Waals surface area (Å²) in [5.74, 6) is 0.278. The number of para-hydroxylation sites is 1. The zero-order valence-electron chi connectivity index (χ0n) is 27.2. The van der Waals surface area contributed by atoms with Crippen LogP contribution in [0, 0.1) is 6.92 Å². The molecule has 248 valence electrons. The van der Waals surface area contributed by atoms with Crippen molar-refractivity contribution in [3.63, 3.8) is 0 Å².